The second-order valence-corrected chi connectivity index (χ2v) is 4.62. The number of amides is 1. The number of allylic oxidation sites excluding steroid dienone is 2. The SMILES string of the molecule is CC(=O)C1(COC(=O)NCCCl)CC=CCC1. The molecule has 1 atom stereocenters. The molecule has 0 aromatic heterocycles. The molecule has 1 amide bonds. The zero-order valence-corrected chi connectivity index (χ0v) is 10.8. The van der Waals surface area contributed by atoms with Crippen LogP contribution in [0, 0.1) is 5.41 Å². The van der Waals surface area contributed by atoms with Crippen LogP contribution in [0.4, 0.5) is 4.79 Å². The van der Waals surface area contributed by atoms with Gasteiger partial charge in [0, 0.05) is 12.4 Å². The number of Topliss-reactive ketones (excluding diaryl/α,β-unsaturated/α-hetero) is 1. The van der Waals surface area contributed by atoms with Crippen molar-refractivity contribution in [3.8, 4) is 0 Å². The third kappa shape index (κ3) is 4.04. The lowest BCUT2D eigenvalue weighted by Gasteiger charge is -2.31. The zero-order valence-electron chi connectivity index (χ0n) is 10.0. The lowest BCUT2D eigenvalue weighted by Crippen LogP contribution is -2.38. The molecule has 5 heteroatoms. The number of halogens is 1. The van der Waals surface area contributed by atoms with E-state index in [1.54, 1.807) is 6.92 Å². The molecule has 0 aliphatic heterocycles. The van der Waals surface area contributed by atoms with E-state index in [4.69, 9.17) is 16.3 Å². The van der Waals surface area contributed by atoms with E-state index < -0.39 is 11.5 Å². The van der Waals surface area contributed by atoms with Gasteiger partial charge < -0.3 is 10.1 Å². The maximum Gasteiger partial charge on any atom is 0.407 e. The Morgan fingerprint density at radius 3 is 2.76 bits per heavy atom. The molecule has 0 heterocycles. The van der Waals surface area contributed by atoms with Crippen molar-refractivity contribution in [2.75, 3.05) is 19.0 Å². The van der Waals surface area contributed by atoms with Gasteiger partial charge >= 0.3 is 6.09 Å². The molecule has 1 N–H and O–H groups in total. The molecular formula is C12H18ClNO3. The molecule has 0 fully saturated rings. The molecule has 1 unspecified atom stereocenters. The summed E-state index contributed by atoms with van der Waals surface area (Å²) in [7, 11) is 0. The first kappa shape index (κ1) is 14.0. The van der Waals surface area contributed by atoms with Gasteiger partial charge in [-0.2, -0.15) is 0 Å². The Morgan fingerprint density at radius 2 is 2.24 bits per heavy atom. The summed E-state index contributed by atoms with van der Waals surface area (Å²) in [6, 6.07) is 0. The Kier molecular flexibility index (Phi) is 5.48. The largest absolute Gasteiger partial charge is 0.448 e. The number of alkyl carbamates (subject to hydrolysis) is 1. The normalized spacial score (nSPS) is 23.2. The first-order chi connectivity index (χ1) is 8.10. The van der Waals surface area contributed by atoms with Crippen molar-refractivity contribution in [3.63, 3.8) is 0 Å². The molecule has 17 heavy (non-hydrogen) atoms. The van der Waals surface area contributed by atoms with E-state index in [1.165, 1.54) is 0 Å². The topological polar surface area (TPSA) is 55.4 Å². The maximum atomic E-state index is 11.7. The average Bonchev–Trinajstić information content (AvgIpc) is 2.34. The van der Waals surface area contributed by atoms with Gasteiger partial charge in [-0.25, -0.2) is 4.79 Å². The van der Waals surface area contributed by atoms with Crippen LogP contribution in [0.25, 0.3) is 0 Å². The zero-order chi connectivity index (χ0) is 12.7. The number of ether oxygens (including phenoxy) is 1. The van der Waals surface area contributed by atoms with Crippen molar-refractivity contribution >= 4 is 23.5 Å². The van der Waals surface area contributed by atoms with E-state index in [-0.39, 0.29) is 12.4 Å². The van der Waals surface area contributed by atoms with Gasteiger partial charge in [-0.15, -0.1) is 11.6 Å². The lowest BCUT2D eigenvalue weighted by molar-refractivity contribution is -0.129. The van der Waals surface area contributed by atoms with Gasteiger partial charge in [0.15, 0.2) is 0 Å². The molecule has 1 rings (SSSR count). The lowest BCUT2D eigenvalue weighted by atomic mass is 9.75. The summed E-state index contributed by atoms with van der Waals surface area (Å²) in [4.78, 5) is 23.0. The van der Waals surface area contributed by atoms with Crippen molar-refractivity contribution < 1.29 is 14.3 Å². The number of hydrogen-bond acceptors (Lipinski definition) is 3. The van der Waals surface area contributed by atoms with Gasteiger partial charge in [-0.3, -0.25) is 4.79 Å². The third-order valence-electron chi connectivity index (χ3n) is 3.06. The van der Waals surface area contributed by atoms with Gasteiger partial charge in [0.25, 0.3) is 0 Å². The summed E-state index contributed by atoms with van der Waals surface area (Å²) in [6.45, 7) is 2.06. The molecule has 4 nitrogen and oxygen atoms in total. The van der Waals surface area contributed by atoms with Crippen LogP contribution in [0.15, 0.2) is 12.2 Å². The van der Waals surface area contributed by atoms with Crippen molar-refractivity contribution in [2.45, 2.75) is 26.2 Å². The minimum Gasteiger partial charge on any atom is -0.448 e. The van der Waals surface area contributed by atoms with Crippen molar-refractivity contribution in [2.24, 2.45) is 5.41 Å². The number of hydrogen-bond donors (Lipinski definition) is 1. The highest BCUT2D eigenvalue weighted by molar-refractivity contribution is 6.18. The van der Waals surface area contributed by atoms with Gasteiger partial charge in [-0.05, 0) is 26.2 Å². The van der Waals surface area contributed by atoms with E-state index in [0.29, 0.717) is 18.8 Å². The van der Waals surface area contributed by atoms with Crippen LogP contribution < -0.4 is 5.32 Å². The highest BCUT2D eigenvalue weighted by Gasteiger charge is 2.36. The second kappa shape index (κ2) is 6.64. The minimum atomic E-state index is -0.535. The Bertz CT molecular complexity index is 317. The molecule has 0 bridgehead atoms. The summed E-state index contributed by atoms with van der Waals surface area (Å²) in [5.41, 5.74) is -0.535. The molecule has 0 aromatic carbocycles. The average molecular weight is 260 g/mol. The number of alkyl halides is 1. The predicted octanol–water partition coefficient (Wildman–Crippen LogP) is 2.27. The monoisotopic (exact) mass is 259 g/mol. The smallest absolute Gasteiger partial charge is 0.407 e. The van der Waals surface area contributed by atoms with Crippen molar-refractivity contribution in [1.29, 1.82) is 0 Å². The highest BCUT2D eigenvalue weighted by atomic mass is 35.5. The quantitative estimate of drug-likeness (QED) is 0.609. The van der Waals surface area contributed by atoms with Crippen LogP contribution >= 0.6 is 11.6 Å². The van der Waals surface area contributed by atoms with E-state index >= 15 is 0 Å². The standard InChI is InChI=1S/C12H18ClNO3/c1-10(15)12(5-3-2-4-6-12)9-17-11(16)14-8-7-13/h2-3H,4-9H2,1H3,(H,14,16). The summed E-state index contributed by atoms with van der Waals surface area (Å²) in [6.07, 6.45) is 5.75. The Morgan fingerprint density at radius 1 is 1.47 bits per heavy atom. The third-order valence-corrected chi connectivity index (χ3v) is 3.24. The Labute approximate surface area is 106 Å². The van der Waals surface area contributed by atoms with Crippen LogP contribution in [0.1, 0.15) is 26.2 Å². The summed E-state index contributed by atoms with van der Waals surface area (Å²) >= 11 is 5.44. The molecule has 96 valence electrons. The van der Waals surface area contributed by atoms with Crippen LogP contribution in [0.3, 0.4) is 0 Å². The molecule has 0 saturated heterocycles. The molecule has 0 spiro atoms. The van der Waals surface area contributed by atoms with Crippen LogP contribution in [0.5, 0.6) is 0 Å². The fourth-order valence-electron chi connectivity index (χ4n) is 1.84. The van der Waals surface area contributed by atoms with Gasteiger partial charge in [0.2, 0.25) is 0 Å². The summed E-state index contributed by atoms with van der Waals surface area (Å²) < 4.78 is 5.08. The Hall–Kier alpha value is -1.03. The van der Waals surface area contributed by atoms with E-state index in [9.17, 15) is 9.59 Å². The fourth-order valence-corrected chi connectivity index (χ4v) is 1.94. The minimum absolute atomic E-state index is 0.0759. The Balaban J connectivity index is 2.48. The van der Waals surface area contributed by atoms with Gasteiger partial charge in [0.05, 0.1) is 5.41 Å². The predicted molar refractivity (Wildman–Crippen MR) is 66.2 cm³/mol. The number of rotatable bonds is 5. The molecular weight excluding hydrogens is 242 g/mol. The van der Waals surface area contributed by atoms with E-state index in [2.05, 4.69) is 11.4 Å². The summed E-state index contributed by atoms with van der Waals surface area (Å²) in [5.74, 6) is 0.419. The molecule has 1 aliphatic rings. The highest BCUT2D eigenvalue weighted by Crippen LogP contribution is 2.34. The molecule has 0 saturated carbocycles. The first-order valence-electron chi connectivity index (χ1n) is 5.73. The number of carbonyl (C=O) groups is 2. The summed E-state index contributed by atoms with van der Waals surface area (Å²) in [5, 5.41) is 2.51. The molecule has 0 aromatic rings. The fraction of sp³-hybridized carbons (Fsp3) is 0.667. The molecule has 1 aliphatic carbocycles. The number of carbonyl (C=O) groups excluding carboxylic acids is 2. The van der Waals surface area contributed by atoms with E-state index in [0.717, 1.165) is 12.8 Å². The first-order valence-corrected chi connectivity index (χ1v) is 6.27. The van der Waals surface area contributed by atoms with Crippen LogP contribution in [-0.4, -0.2) is 30.9 Å². The van der Waals surface area contributed by atoms with E-state index in [1.807, 2.05) is 6.08 Å². The second-order valence-electron chi connectivity index (χ2n) is 4.24. The number of ketones is 1. The van der Waals surface area contributed by atoms with Crippen LogP contribution in [-0.2, 0) is 9.53 Å². The maximum absolute atomic E-state index is 11.7. The van der Waals surface area contributed by atoms with Crippen molar-refractivity contribution in [1.82, 2.24) is 5.32 Å². The van der Waals surface area contributed by atoms with Crippen molar-refractivity contribution in [3.05, 3.63) is 12.2 Å². The van der Waals surface area contributed by atoms with Crippen LogP contribution in [0.2, 0.25) is 0 Å². The van der Waals surface area contributed by atoms with Gasteiger partial charge in [0.1, 0.15) is 12.4 Å². The number of nitrogens with one attached hydrogen (secondary N) is 1. The molecule has 0 radical (unpaired) electrons. The van der Waals surface area contributed by atoms with Gasteiger partial charge in [-0.1, -0.05) is 12.2 Å².